The molecule has 1 N–H and O–H groups in total. The van der Waals surface area contributed by atoms with Gasteiger partial charge in [-0.2, -0.15) is 0 Å². The first-order valence-corrected chi connectivity index (χ1v) is 7.42. The predicted octanol–water partition coefficient (Wildman–Crippen LogP) is 2.55. The van der Waals surface area contributed by atoms with Crippen LogP contribution in [0.4, 0.5) is 0 Å². The van der Waals surface area contributed by atoms with E-state index >= 15 is 0 Å². The van der Waals surface area contributed by atoms with Gasteiger partial charge in [0.2, 0.25) is 0 Å². The van der Waals surface area contributed by atoms with Gasteiger partial charge in [-0.25, -0.2) is 0 Å². The molecule has 1 aliphatic rings. The molecule has 4 nitrogen and oxygen atoms in total. The van der Waals surface area contributed by atoms with Crippen LogP contribution in [0.3, 0.4) is 0 Å². The lowest BCUT2D eigenvalue weighted by atomic mass is 9.76. The predicted molar refractivity (Wildman–Crippen MR) is 79.9 cm³/mol. The number of aromatic nitrogens is 3. The molecule has 1 heterocycles. The van der Waals surface area contributed by atoms with Crippen LogP contribution < -0.4 is 5.32 Å². The number of halogens is 1. The minimum atomic E-state index is 0.618. The molecule has 0 amide bonds. The maximum Gasteiger partial charge on any atom is 0.133 e. The first kappa shape index (κ1) is 13.6. The number of hydrogen-bond donors (Lipinski definition) is 1. The summed E-state index contributed by atoms with van der Waals surface area (Å²) in [7, 11) is 1.98. The van der Waals surface area contributed by atoms with E-state index in [1.54, 1.807) is 6.33 Å². The van der Waals surface area contributed by atoms with Gasteiger partial charge in [-0.1, -0.05) is 23.7 Å². The molecule has 0 unspecified atom stereocenters. The Labute approximate surface area is 124 Å². The first-order chi connectivity index (χ1) is 9.72. The maximum absolute atomic E-state index is 6.03. The Hall–Kier alpha value is -1.39. The summed E-state index contributed by atoms with van der Waals surface area (Å²) in [5, 5.41) is 12.4. The monoisotopic (exact) mass is 290 g/mol. The molecule has 1 saturated carbocycles. The summed E-state index contributed by atoms with van der Waals surface area (Å²) in [6.07, 6.45) is 5.06. The van der Waals surface area contributed by atoms with Crippen LogP contribution in [-0.4, -0.2) is 27.4 Å². The van der Waals surface area contributed by atoms with Gasteiger partial charge in [-0.15, -0.1) is 10.2 Å². The number of aryl methyl sites for hydroxylation is 1. The van der Waals surface area contributed by atoms with Gasteiger partial charge in [0.05, 0.1) is 0 Å². The summed E-state index contributed by atoms with van der Waals surface area (Å²) in [6.45, 7) is 0.958. The number of benzene rings is 1. The van der Waals surface area contributed by atoms with Crippen LogP contribution in [0.25, 0.3) is 0 Å². The minimum Gasteiger partial charge on any atom is -0.321 e. The standard InChI is InChI=1S/C15H19ClN4/c1-20-10-18-19-15(20)5-6-17-14-8-12(9-14)11-3-2-4-13(16)7-11/h2-4,7,10,12,14,17H,5-6,8-9H2,1H3. The molecule has 2 aromatic rings. The van der Waals surface area contributed by atoms with Gasteiger partial charge in [0.15, 0.2) is 0 Å². The van der Waals surface area contributed by atoms with Crippen molar-refractivity contribution in [3.8, 4) is 0 Å². The molecule has 3 rings (SSSR count). The molecule has 20 heavy (non-hydrogen) atoms. The Morgan fingerprint density at radius 1 is 1.40 bits per heavy atom. The largest absolute Gasteiger partial charge is 0.321 e. The van der Waals surface area contributed by atoms with E-state index in [0.717, 1.165) is 23.8 Å². The van der Waals surface area contributed by atoms with Crippen LogP contribution in [0.1, 0.15) is 30.1 Å². The Balaban J connectivity index is 1.41. The molecule has 0 bridgehead atoms. The molecule has 0 aliphatic heterocycles. The Kier molecular flexibility index (Phi) is 4.03. The summed E-state index contributed by atoms with van der Waals surface area (Å²) < 4.78 is 1.97. The van der Waals surface area contributed by atoms with Crippen molar-refractivity contribution in [2.24, 2.45) is 7.05 Å². The second-order valence-electron chi connectivity index (χ2n) is 5.48. The number of hydrogen-bond acceptors (Lipinski definition) is 3. The maximum atomic E-state index is 6.03. The summed E-state index contributed by atoms with van der Waals surface area (Å²) in [5.41, 5.74) is 1.36. The van der Waals surface area contributed by atoms with Crippen molar-refractivity contribution in [3.05, 3.63) is 47.0 Å². The molecule has 1 aromatic heterocycles. The zero-order valence-corrected chi connectivity index (χ0v) is 12.3. The second kappa shape index (κ2) is 5.94. The van der Waals surface area contributed by atoms with Gasteiger partial charge in [0.1, 0.15) is 12.2 Å². The van der Waals surface area contributed by atoms with Crippen molar-refractivity contribution in [1.29, 1.82) is 0 Å². The molecule has 1 fully saturated rings. The molecule has 5 heteroatoms. The van der Waals surface area contributed by atoms with Crippen LogP contribution in [0.2, 0.25) is 5.02 Å². The molecule has 0 saturated heterocycles. The summed E-state index contributed by atoms with van der Waals surface area (Å²) in [5.74, 6) is 1.68. The fourth-order valence-electron chi connectivity index (χ4n) is 2.74. The number of nitrogens with one attached hydrogen (secondary N) is 1. The highest BCUT2D eigenvalue weighted by Crippen LogP contribution is 2.37. The van der Waals surface area contributed by atoms with Crippen molar-refractivity contribution in [3.63, 3.8) is 0 Å². The van der Waals surface area contributed by atoms with E-state index in [1.807, 2.05) is 23.7 Å². The van der Waals surface area contributed by atoms with E-state index in [0.29, 0.717) is 12.0 Å². The van der Waals surface area contributed by atoms with Crippen LogP contribution in [0.15, 0.2) is 30.6 Å². The number of rotatable bonds is 5. The highest BCUT2D eigenvalue weighted by atomic mass is 35.5. The molecule has 1 aromatic carbocycles. The summed E-state index contributed by atoms with van der Waals surface area (Å²) >= 11 is 6.03. The Morgan fingerprint density at radius 2 is 2.25 bits per heavy atom. The average Bonchev–Trinajstić information content (AvgIpc) is 2.78. The third-order valence-electron chi connectivity index (χ3n) is 4.04. The van der Waals surface area contributed by atoms with E-state index in [1.165, 1.54) is 18.4 Å². The molecule has 0 spiro atoms. The van der Waals surface area contributed by atoms with Gasteiger partial charge in [0, 0.05) is 31.1 Å². The van der Waals surface area contributed by atoms with Crippen molar-refractivity contribution in [2.45, 2.75) is 31.2 Å². The highest BCUT2D eigenvalue weighted by Gasteiger charge is 2.29. The minimum absolute atomic E-state index is 0.618. The molecular formula is C15H19ClN4. The van der Waals surface area contributed by atoms with Crippen molar-refractivity contribution >= 4 is 11.6 Å². The van der Waals surface area contributed by atoms with Crippen LogP contribution in [0.5, 0.6) is 0 Å². The molecule has 0 radical (unpaired) electrons. The van der Waals surface area contributed by atoms with Crippen LogP contribution in [0, 0.1) is 0 Å². The van der Waals surface area contributed by atoms with E-state index in [4.69, 9.17) is 11.6 Å². The quantitative estimate of drug-likeness (QED) is 0.920. The normalized spacial score (nSPS) is 21.7. The van der Waals surface area contributed by atoms with Gasteiger partial charge in [0.25, 0.3) is 0 Å². The lowest BCUT2D eigenvalue weighted by molar-refractivity contribution is 0.292. The van der Waals surface area contributed by atoms with E-state index < -0.39 is 0 Å². The van der Waals surface area contributed by atoms with Crippen molar-refractivity contribution in [2.75, 3.05) is 6.54 Å². The SMILES string of the molecule is Cn1cnnc1CCNC1CC(c2cccc(Cl)c2)C1. The molecule has 0 atom stereocenters. The lowest BCUT2D eigenvalue weighted by Gasteiger charge is -2.36. The van der Waals surface area contributed by atoms with Gasteiger partial charge in [-0.3, -0.25) is 0 Å². The van der Waals surface area contributed by atoms with Gasteiger partial charge >= 0.3 is 0 Å². The number of nitrogens with zero attached hydrogens (tertiary/aromatic N) is 3. The van der Waals surface area contributed by atoms with Crippen molar-refractivity contribution in [1.82, 2.24) is 20.1 Å². The lowest BCUT2D eigenvalue weighted by Crippen LogP contribution is -2.41. The third kappa shape index (κ3) is 3.02. The Morgan fingerprint density at radius 3 is 2.95 bits per heavy atom. The third-order valence-corrected chi connectivity index (χ3v) is 4.28. The zero-order valence-electron chi connectivity index (χ0n) is 11.6. The van der Waals surface area contributed by atoms with E-state index in [-0.39, 0.29) is 0 Å². The molecule has 1 aliphatic carbocycles. The fraction of sp³-hybridized carbons (Fsp3) is 0.467. The second-order valence-corrected chi connectivity index (χ2v) is 5.92. The van der Waals surface area contributed by atoms with Crippen molar-refractivity contribution < 1.29 is 0 Å². The molecule has 106 valence electrons. The smallest absolute Gasteiger partial charge is 0.133 e. The molecular weight excluding hydrogens is 272 g/mol. The topological polar surface area (TPSA) is 42.7 Å². The summed E-state index contributed by atoms with van der Waals surface area (Å²) in [4.78, 5) is 0. The van der Waals surface area contributed by atoms with Gasteiger partial charge < -0.3 is 9.88 Å². The highest BCUT2D eigenvalue weighted by molar-refractivity contribution is 6.30. The zero-order chi connectivity index (χ0) is 13.9. The average molecular weight is 291 g/mol. The van der Waals surface area contributed by atoms with Gasteiger partial charge in [-0.05, 0) is 36.5 Å². The van der Waals surface area contributed by atoms with Crippen LogP contribution >= 0.6 is 11.6 Å². The fourth-order valence-corrected chi connectivity index (χ4v) is 2.94. The Bertz CT molecular complexity index is 575. The van der Waals surface area contributed by atoms with Crippen LogP contribution in [-0.2, 0) is 13.5 Å². The van der Waals surface area contributed by atoms with E-state index in [2.05, 4.69) is 27.6 Å². The van der Waals surface area contributed by atoms with E-state index in [9.17, 15) is 0 Å². The summed E-state index contributed by atoms with van der Waals surface area (Å²) in [6, 6.07) is 8.84. The first-order valence-electron chi connectivity index (χ1n) is 7.04.